The van der Waals surface area contributed by atoms with Gasteiger partial charge in [0, 0.05) is 27.3 Å². The van der Waals surface area contributed by atoms with Crippen molar-refractivity contribution in [1.29, 1.82) is 0 Å². The van der Waals surface area contributed by atoms with Crippen molar-refractivity contribution in [3.63, 3.8) is 0 Å². The third-order valence-electron chi connectivity index (χ3n) is 3.42. The van der Waals surface area contributed by atoms with Gasteiger partial charge in [0.15, 0.2) is 0 Å². The number of H-pyrrole nitrogens is 1. The van der Waals surface area contributed by atoms with Crippen LogP contribution in [0.15, 0.2) is 34.6 Å². The molecule has 0 saturated carbocycles. The van der Waals surface area contributed by atoms with Gasteiger partial charge in [-0.2, -0.15) is 23.3 Å². The van der Waals surface area contributed by atoms with Crippen LogP contribution in [-0.4, -0.2) is 10.9 Å². The number of fused-ring (bicyclic) bond motifs is 1. The maximum atomic E-state index is 12.3. The fourth-order valence-electron chi connectivity index (χ4n) is 2.05. The van der Waals surface area contributed by atoms with Gasteiger partial charge < -0.3 is 10.3 Å². The summed E-state index contributed by atoms with van der Waals surface area (Å²) in [5, 5.41) is 5.07. The minimum Gasteiger partial charge on any atom is -0.352 e. The maximum absolute atomic E-state index is 12.3. The Morgan fingerprint density at radius 2 is 1.81 bits per heavy atom. The van der Waals surface area contributed by atoms with Crippen LogP contribution in [0.1, 0.15) is 49.2 Å². The van der Waals surface area contributed by atoms with Crippen molar-refractivity contribution in [2.45, 2.75) is 41.5 Å². The van der Waals surface area contributed by atoms with Gasteiger partial charge in [-0.05, 0) is 11.4 Å². The smallest absolute Gasteiger partial charge is 0.259 e. The van der Waals surface area contributed by atoms with Crippen LogP contribution >= 0.6 is 11.3 Å². The molecule has 0 saturated heterocycles. The second-order valence-corrected chi connectivity index (χ2v) is 5.78. The topological polar surface area (TPSA) is 62.0 Å². The number of carbonyl (C=O) groups excluding carboxylic acids is 1. The van der Waals surface area contributed by atoms with E-state index in [4.69, 9.17) is 0 Å². The van der Waals surface area contributed by atoms with Gasteiger partial charge in [0.2, 0.25) is 5.43 Å². The molecule has 0 aliphatic rings. The molecule has 0 spiro atoms. The Morgan fingerprint density at radius 3 is 2.42 bits per heavy atom. The number of carbonyl (C=O) groups is 1. The van der Waals surface area contributed by atoms with E-state index in [0.717, 1.165) is 16.0 Å². The zero-order valence-electron chi connectivity index (χ0n) is 16.0. The summed E-state index contributed by atoms with van der Waals surface area (Å²) < 4.78 is 0. The van der Waals surface area contributed by atoms with Gasteiger partial charge in [0.05, 0.1) is 5.39 Å². The number of pyridine rings is 1. The third kappa shape index (κ3) is 5.65. The van der Waals surface area contributed by atoms with E-state index in [9.17, 15) is 9.59 Å². The Hall–Kier alpha value is -1.71. The van der Waals surface area contributed by atoms with Crippen molar-refractivity contribution < 1.29 is 25.9 Å². The standard InChI is InChI=1S/C16H13N2O2S.2C2H6.W/c1-9-3-4-11(7-10(9)2)18-15(20)13-8-17-16-12(14(13)19)5-6-21-16;2*1-2;/h3,5-8H,1-2H3,(H,17,19)(H,18,20);2*1-2H3;/q-1;;;. The van der Waals surface area contributed by atoms with E-state index in [0.29, 0.717) is 11.1 Å². The van der Waals surface area contributed by atoms with Crippen LogP contribution in [0.25, 0.3) is 10.2 Å². The minimum absolute atomic E-state index is 0. The number of amides is 1. The quantitative estimate of drug-likeness (QED) is 0.433. The first-order chi connectivity index (χ1) is 12.1. The maximum Gasteiger partial charge on any atom is 0.259 e. The molecule has 1 aromatic carbocycles. The molecule has 0 bridgehead atoms. The number of anilines is 1. The monoisotopic (exact) mass is 541 g/mol. The first-order valence-corrected chi connectivity index (χ1v) is 9.33. The molecule has 26 heavy (non-hydrogen) atoms. The molecule has 3 aromatic rings. The first kappa shape index (κ1) is 24.3. The Bertz CT molecular complexity index is 900. The molecular weight excluding hydrogens is 516 g/mol. The Balaban J connectivity index is 0.00000117. The van der Waals surface area contributed by atoms with Crippen LogP contribution < -0.4 is 10.7 Å². The van der Waals surface area contributed by atoms with Crippen molar-refractivity contribution >= 4 is 33.1 Å². The van der Waals surface area contributed by atoms with E-state index in [1.54, 1.807) is 6.07 Å². The SMILES string of the molecule is CC.CC.Cc1c[c-]c(NC(=O)c2c[nH]c3sccc3c2=O)cc1C.[W]. The minimum atomic E-state index is -0.427. The van der Waals surface area contributed by atoms with Gasteiger partial charge in [-0.25, -0.2) is 0 Å². The number of nitrogens with one attached hydrogen (secondary N) is 2. The molecule has 0 aliphatic heterocycles. The molecule has 2 heterocycles. The number of hydrogen-bond donors (Lipinski definition) is 2. The average molecular weight is 541 g/mol. The average Bonchev–Trinajstić information content (AvgIpc) is 3.11. The van der Waals surface area contributed by atoms with Crippen LogP contribution in [0.4, 0.5) is 5.69 Å². The van der Waals surface area contributed by atoms with Crippen LogP contribution in [0.2, 0.25) is 0 Å². The van der Waals surface area contributed by atoms with Gasteiger partial charge in [-0.1, -0.05) is 47.2 Å². The molecule has 0 unspecified atom stereocenters. The number of hydrogen-bond acceptors (Lipinski definition) is 3. The molecule has 2 N–H and O–H groups in total. The van der Waals surface area contributed by atoms with E-state index in [1.165, 1.54) is 17.5 Å². The van der Waals surface area contributed by atoms with E-state index in [1.807, 2.05) is 59.1 Å². The molecule has 0 fully saturated rings. The van der Waals surface area contributed by atoms with Crippen molar-refractivity contribution in [3.8, 4) is 0 Å². The number of thiophene rings is 1. The second kappa shape index (κ2) is 11.8. The van der Waals surface area contributed by atoms with Crippen LogP contribution in [0.3, 0.4) is 0 Å². The summed E-state index contributed by atoms with van der Waals surface area (Å²) in [5.74, 6) is -0.427. The summed E-state index contributed by atoms with van der Waals surface area (Å²) in [6, 6.07) is 8.36. The normalized spacial score (nSPS) is 9.15. The van der Waals surface area contributed by atoms with E-state index < -0.39 is 5.91 Å². The molecular formula is C20H25N2O2SW-. The molecule has 0 radical (unpaired) electrons. The van der Waals surface area contributed by atoms with Gasteiger partial charge in [-0.3, -0.25) is 9.59 Å². The van der Waals surface area contributed by atoms with E-state index in [-0.39, 0.29) is 32.1 Å². The number of rotatable bonds is 2. The Labute approximate surface area is 173 Å². The number of aromatic nitrogens is 1. The molecule has 0 atom stereocenters. The molecule has 0 aliphatic carbocycles. The summed E-state index contributed by atoms with van der Waals surface area (Å²) in [4.78, 5) is 28.3. The van der Waals surface area contributed by atoms with E-state index >= 15 is 0 Å². The fourth-order valence-corrected chi connectivity index (χ4v) is 2.81. The van der Waals surface area contributed by atoms with Crippen molar-refractivity contribution in [3.05, 3.63) is 62.8 Å². The third-order valence-corrected chi connectivity index (χ3v) is 4.27. The first-order valence-electron chi connectivity index (χ1n) is 8.45. The molecule has 4 nitrogen and oxygen atoms in total. The summed E-state index contributed by atoms with van der Waals surface area (Å²) in [6.07, 6.45) is 1.46. The number of aryl methyl sites for hydroxylation is 2. The van der Waals surface area contributed by atoms with Gasteiger partial charge in [0.1, 0.15) is 10.4 Å². The summed E-state index contributed by atoms with van der Waals surface area (Å²) in [7, 11) is 0. The molecule has 2 aromatic heterocycles. The summed E-state index contributed by atoms with van der Waals surface area (Å²) in [6.45, 7) is 11.9. The van der Waals surface area contributed by atoms with Crippen molar-refractivity contribution in [1.82, 2.24) is 4.98 Å². The van der Waals surface area contributed by atoms with Crippen LogP contribution in [0.5, 0.6) is 0 Å². The predicted molar refractivity (Wildman–Crippen MR) is 108 cm³/mol. The van der Waals surface area contributed by atoms with Gasteiger partial charge in [-0.15, -0.1) is 17.4 Å². The fraction of sp³-hybridized carbons (Fsp3) is 0.300. The van der Waals surface area contributed by atoms with Crippen LogP contribution in [0, 0.1) is 19.9 Å². The van der Waals surface area contributed by atoms with Crippen molar-refractivity contribution in [2.24, 2.45) is 0 Å². The van der Waals surface area contributed by atoms with Gasteiger partial charge >= 0.3 is 0 Å². The molecule has 1 amide bonds. The molecule has 6 heteroatoms. The number of aromatic amines is 1. The van der Waals surface area contributed by atoms with E-state index in [2.05, 4.69) is 16.4 Å². The Morgan fingerprint density at radius 1 is 1.15 bits per heavy atom. The predicted octanol–water partition coefficient (Wildman–Crippen LogP) is 5.31. The van der Waals surface area contributed by atoms with Crippen LogP contribution in [-0.2, 0) is 21.1 Å². The second-order valence-electron chi connectivity index (χ2n) is 4.86. The van der Waals surface area contributed by atoms with Gasteiger partial charge in [0.25, 0.3) is 5.91 Å². The largest absolute Gasteiger partial charge is 0.352 e. The zero-order valence-corrected chi connectivity index (χ0v) is 19.8. The number of benzene rings is 1. The molecule has 140 valence electrons. The molecule has 3 rings (SSSR count). The summed E-state index contributed by atoms with van der Waals surface area (Å²) >= 11 is 1.44. The van der Waals surface area contributed by atoms with Crippen molar-refractivity contribution in [2.75, 3.05) is 5.32 Å². The zero-order chi connectivity index (χ0) is 19.0. The summed E-state index contributed by atoms with van der Waals surface area (Å²) in [5.41, 5.74) is 2.57. The Kier molecular flexibility index (Phi) is 11.0.